The van der Waals surface area contributed by atoms with E-state index in [-0.39, 0.29) is 12.8 Å². The third-order valence-corrected chi connectivity index (χ3v) is 3.68. The van der Waals surface area contributed by atoms with Gasteiger partial charge in [-0.3, -0.25) is 4.79 Å². The largest absolute Gasteiger partial charge is 0.511 e. The van der Waals surface area contributed by atoms with Crippen molar-refractivity contribution in [3.63, 3.8) is 0 Å². The molecule has 18 heavy (non-hydrogen) atoms. The zero-order valence-electron chi connectivity index (χ0n) is 9.99. The summed E-state index contributed by atoms with van der Waals surface area (Å²) in [6, 6.07) is -0.891. The average Bonchev–Trinajstić information content (AvgIpc) is 2.14. The van der Waals surface area contributed by atoms with Crippen LogP contribution in [0.25, 0.3) is 0 Å². The predicted molar refractivity (Wildman–Crippen MR) is 58.2 cm³/mol. The summed E-state index contributed by atoms with van der Waals surface area (Å²) < 4.78 is 59.0. The molecule has 0 heterocycles. The van der Waals surface area contributed by atoms with Crippen LogP contribution in [0, 0.1) is 5.92 Å². The standard InChI is InChI=1S/C9H16F3NO4S/c1-6(8(14)15)4-3-5-7(2)13-18(16,17)9(10,11)12/h6-7,13H,3-5H2,1-2H3,(H,14,15). The third-order valence-electron chi connectivity index (χ3n) is 2.36. The van der Waals surface area contributed by atoms with Gasteiger partial charge in [0.2, 0.25) is 0 Å². The van der Waals surface area contributed by atoms with Crippen molar-refractivity contribution < 1.29 is 31.5 Å². The molecule has 0 aromatic rings. The highest BCUT2D eigenvalue weighted by atomic mass is 32.2. The van der Waals surface area contributed by atoms with E-state index in [2.05, 4.69) is 0 Å². The van der Waals surface area contributed by atoms with E-state index in [4.69, 9.17) is 5.11 Å². The Morgan fingerprint density at radius 3 is 2.17 bits per heavy atom. The first kappa shape index (κ1) is 17.2. The number of hydrogen-bond acceptors (Lipinski definition) is 3. The maximum Gasteiger partial charge on any atom is 0.511 e. The molecule has 0 bridgehead atoms. The molecular formula is C9H16F3NO4S. The van der Waals surface area contributed by atoms with E-state index in [9.17, 15) is 26.4 Å². The van der Waals surface area contributed by atoms with Crippen LogP contribution in [0.3, 0.4) is 0 Å². The fraction of sp³-hybridized carbons (Fsp3) is 0.889. The Kier molecular flexibility index (Phi) is 6.08. The maximum absolute atomic E-state index is 12.0. The van der Waals surface area contributed by atoms with Gasteiger partial charge in [0.1, 0.15) is 0 Å². The summed E-state index contributed by atoms with van der Waals surface area (Å²) >= 11 is 0. The number of sulfonamides is 1. The molecule has 0 saturated carbocycles. The number of aliphatic carboxylic acids is 1. The Balaban J connectivity index is 4.14. The summed E-state index contributed by atoms with van der Waals surface area (Å²) in [4.78, 5) is 10.5. The van der Waals surface area contributed by atoms with Gasteiger partial charge < -0.3 is 5.11 Å². The molecule has 0 rings (SSSR count). The topological polar surface area (TPSA) is 83.5 Å². The second-order valence-electron chi connectivity index (χ2n) is 4.14. The van der Waals surface area contributed by atoms with Gasteiger partial charge in [0, 0.05) is 6.04 Å². The molecule has 0 aliphatic heterocycles. The van der Waals surface area contributed by atoms with Crippen LogP contribution < -0.4 is 4.72 Å². The van der Waals surface area contributed by atoms with E-state index >= 15 is 0 Å². The fourth-order valence-corrected chi connectivity index (χ4v) is 2.03. The van der Waals surface area contributed by atoms with E-state index in [1.54, 1.807) is 0 Å². The molecule has 0 saturated heterocycles. The van der Waals surface area contributed by atoms with E-state index in [1.165, 1.54) is 18.6 Å². The second kappa shape index (κ2) is 6.37. The highest BCUT2D eigenvalue weighted by Gasteiger charge is 2.46. The molecule has 9 heteroatoms. The first-order chi connectivity index (χ1) is 7.97. The smallest absolute Gasteiger partial charge is 0.481 e. The molecular weight excluding hydrogens is 275 g/mol. The number of halogens is 3. The zero-order chi connectivity index (χ0) is 14.6. The molecule has 2 N–H and O–H groups in total. The molecule has 0 spiro atoms. The molecule has 0 aromatic heterocycles. The summed E-state index contributed by atoms with van der Waals surface area (Å²) in [6.45, 7) is 2.78. The molecule has 0 aliphatic rings. The number of rotatable bonds is 7. The van der Waals surface area contributed by atoms with E-state index < -0.39 is 33.5 Å². The summed E-state index contributed by atoms with van der Waals surface area (Å²) in [7, 11) is -5.33. The van der Waals surface area contributed by atoms with Crippen LogP contribution in [-0.4, -0.2) is 31.0 Å². The minimum atomic E-state index is -5.33. The van der Waals surface area contributed by atoms with Crippen LogP contribution in [0.1, 0.15) is 33.1 Å². The number of nitrogens with one attached hydrogen (secondary N) is 1. The number of alkyl halides is 3. The van der Waals surface area contributed by atoms with Crippen LogP contribution >= 0.6 is 0 Å². The van der Waals surface area contributed by atoms with E-state index in [1.807, 2.05) is 0 Å². The highest BCUT2D eigenvalue weighted by Crippen LogP contribution is 2.22. The van der Waals surface area contributed by atoms with Crippen molar-refractivity contribution in [3.8, 4) is 0 Å². The van der Waals surface area contributed by atoms with Crippen LogP contribution in [0.2, 0.25) is 0 Å². The van der Waals surface area contributed by atoms with Crippen LogP contribution in [-0.2, 0) is 14.8 Å². The molecule has 0 fully saturated rings. The van der Waals surface area contributed by atoms with Gasteiger partial charge in [0.25, 0.3) is 0 Å². The van der Waals surface area contributed by atoms with Gasteiger partial charge in [-0.05, 0) is 19.8 Å². The summed E-state index contributed by atoms with van der Waals surface area (Å²) in [5.74, 6) is -1.59. The van der Waals surface area contributed by atoms with Gasteiger partial charge in [-0.2, -0.15) is 13.2 Å². The first-order valence-corrected chi connectivity index (χ1v) is 6.77. The Bertz CT molecular complexity index is 380. The maximum atomic E-state index is 12.0. The van der Waals surface area contributed by atoms with Crippen molar-refractivity contribution in [2.24, 2.45) is 5.92 Å². The van der Waals surface area contributed by atoms with Crippen molar-refractivity contribution in [2.75, 3.05) is 0 Å². The van der Waals surface area contributed by atoms with Crippen molar-refractivity contribution >= 4 is 16.0 Å². The third kappa shape index (κ3) is 5.67. The Morgan fingerprint density at radius 2 is 1.78 bits per heavy atom. The Labute approximate surface area is 103 Å². The quantitative estimate of drug-likeness (QED) is 0.748. The molecule has 0 radical (unpaired) electrons. The molecule has 108 valence electrons. The fourth-order valence-electron chi connectivity index (χ4n) is 1.24. The van der Waals surface area contributed by atoms with Gasteiger partial charge in [0.05, 0.1) is 5.92 Å². The lowest BCUT2D eigenvalue weighted by Gasteiger charge is -2.16. The number of carboxylic acid groups (broad SMARTS) is 1. The monoisotopic (exact) mass is 291 g/mol. The van der Waals surface area contributed by atoms with Crippen molar-refractivity contribution in [3.05, 3.63) is 0 Å². The SMILES string of the molecule is CC(CCCC(C)C(=O)O)NS(=O)(=O)C(F)(F)F. The summed E-state index contributed by atoms with van der Waals surface area (Å²) in [6.07, 6.45) is 0.759. The molecule has 2 atom stereocenters. The van der Waals surface area contributed by atoms with Crippen LogP contribution in [0.15, 0.2) is 0 Å². The molecule has 2 unspecified atom stereocenters. The molecule has 0 aromatic carbocycles. The number of carbonyl (C=O) groups is 1. The van der Waals surface area contributed by atoms with Crippen LogP contribution in [0.5, 0.6) is 0 Å². The van der Waals surface area contributed by atoms with Gasteiger partial charge in [-0.15, -0.1) is 0 Å². The van der Waals surface area contributed by atoms with E-state index in [0.717, 1.165) is 0 Å². The molecule has 5 nitrogen and oxygen atoms in total. The normalized spacial score (nSPS) is 16.3. The zero-order valence-corrected chi connectivity index (χ0v) is 10.8. The van der Waals surface area contributed by atoms with E-state index in [0.29, 0.717) is 6.42 Å². The number of carboxylic acids is 1. The second-order valence-corrected chi connectivity index (χ2v) is 5.84. The van der Waals surface area contributed by atoms with Gasteiger partial charge in [0.15, 0.2) is 0 Å². The van der Waals surface area contributed by atoms with Gasteiger partial charge in [-0.1, -0.05) is 13.3 Å². The van der Waals surface area contributed by atoms with Crippen molar-refractivity contribution in [2.45, 2.75) is 44.7 Å². The molecule has 0 amide bonds. The summed E-state index contributed by atoms with van der Waals surface area (Å²) in [5.41, 5.74) is -5.32. The predicted octanol–water partition coefficient (Wildman–Crippen LogP) is 1.71. The minimum Gasteiger partial charge on any atom is -0.481 e. The Morgan fingerprint density at radius 1 is 1.28 bits per heavy atom. The molecule has 0 aliphatic carbocycles. The van der Waals surface area contributed by atoms with Crippen molar-refractivity contribution in [1.82, 2.24) is 4.72 Å². The first-order valence-electron chi connectivity index (χ1n) is 5.28. The average molecular weight is 291 g/mol. The Hall–Kier alpha value is -0.830. The lowest BCUT2D eigenvalue weighted by atomic mass is 10.0. The van der Waals surface area contributed by atoms with Crippen LogP contribution in [0.4, 0.5) is 13.2 Å². The minimum absolute atomic E-state index is 0.146. The highest BCUT2D eigenvalue weighted by molar-refractivity contribution is 7.90. The number of hydrogen-bond donors (Lipinski definition) is 2. The summed E-state index contributed by atoms with van der Waals surface area (Å²) in [5, 5.41) is 8.58. The van der Waals surface area contributed by atoms with Gasteiger partial charge in [-0.25, -0.2) is 13.1 Å². The van der Waals surface area contributed by atoms with Crippen molar-refractivity contribution in [1.29, 1.82) is 0 Å². The van der Waals surface area contributed by atoms with Gasteiger partial charge >= 0.3 is 21.5 Å². The lowest BCUT2D eigenvalue weighted by Crippen LogP contribution is -2.41. The lowest BCUT2D eigenvalue weighted by molar-refractivity contribution is -0.141.